The summed E-state index contributed by atoms with van der Waals surface area (Å²) >= 11 is 0. The number of amides is 2. The molecule has 0 radical (unpaired) electrons. The first-order chi connectivity index (χ1) is 8.35. The van der Waals surface area contributed by atoms with E-state index in [-0.39, 0.29) is 25.5 Å². The van der Waals surface area contributed by atoms with Crippen LogP contribution in [0.2, 0.25) is 0 Å². The maximum absolute atomic E-state index is 11.5. The fourth-order valence-corrected chi connectivity index (χ4v) is 1.14. The van der Waals surface area contributed by atoms with E-state index in [4.69, 9.17) is 10.8 Å². The summed E-state index contributed by atoms with van der Waals surface area (Å²) in [6, 6.07) is 0. The molecule has 18 heavy (non-hydrogen) atoms. The van der Waals surface area contributed by atoms with E-state index in [2.05, 4.69) is 10.6 Å². The summed E-state index contributed by atoms with van der Waals surface area (Å²) in [5.41, 5.74) is 4.30. The van der Waals surface area contributed by atoms with Gasteiger partial charge in [-0.25, -0.2) is 0 Å². The number of rotatable bonds is 8. The molecular weight excluding hydrogens is 238 g/mol. The first-order valence-corrected chi connectivity index (χ1v) is 5.88. The minimum Gasteiger partial charge on any atom is -0.396 e. The lowest BCUT2D eigenvalue weighted by Crippen LogP contribution is -2.46. The molecule has 0 unspecified atom stereocenters. The number of hydrogen-bond acceptors (Lipinski definition) is 5. The monoisotopic (exact) mass is 261 g/mol. The highest BCUT2D eigenvalue weighted by atomic mass is 16.3. The lowest BCUT2D eigenvalue weighted by Gasteiger charge is -2.27. The first-order valence-electron chi connectivity index (χ1n) is 5.88. The first kappa shape index (κ1) is 16.8. The molecule has 7 nitrogen and oxygen atoms in total. The van der Waals surface area contributed by atoms with Crippen molar-refractivity contribution in [3.8, 4) is 0 Å². The van der Waals surface area contributed by atoms with Crippen molar-refractivity contribution in [3.63, 3.8) is 0 Å². The Morgan fingerprint density at radius 1 is 1.28 bits per heavy atom. The maximum Gasteiger partial charge on any atom is 0.249 e. The Hall–Kier alpha value is -1.18. The van der Waals surface area contributed by atoms with E-state index in [1.807, 2.05) is 0 Å². The third-order valence-corrected chi connectivity index (χ3v) is 2.51. The zero-order valence-electron chi connectivity index (χ0n) is 10.9. The van der Waals surface area contributed by atoms with Gasteiger partial charge >= 0.3 is 0 Å². The van der Waals surface area contributed by atoms with Gasteiger partial charge in [-0.2, -0.15) is 0 Å². The van der Waals surface area contributed by atoms with E-state index < -0.39 is 17.4 Å². The van der Waals surface area contributed by atoms with Crippen LogP contribution >= 0.6 is 0 Å². The van der Waals surface area contributed by atoms with Crippen molar-refractivity contribution in [3.05, 3.63) is 0 Å². The van der Waals surface area contributed by atoms with Crippen LogP contribution in [0.3, 0.4) is 0 Å². The predicted octanol–water partition coefficient (Wildman–Crippen LogP) is -2.05. The summed E-state index contributed by atoms with van der Waals surface area (Å²) in [4.78, 5) is 22.7. The van der Waals surface area contributed by atoms with Crippen LogP contribution in [0.25, 0.3) is 0 Å². The second kappa shape index (κ2) is 8.02. The van der Waals surface area contributed by atoms with Gasteiger partial charge in [0.05, 0.1) is 6.61 Å². The molecule has 106 valence electrons. The van der Waals surface area contributed by atoms with Gasteiger partial charge < -0.3 is 26.6 Å². The average Bonchev–Trinajstić information content (AvgIpc) is 2.35. The highest BCUT2D eigenvalue weighted by Crippen LogP contribution is 2.19. The number of carbonyl (C=O) groups excluding carboxylic acids is 2. The highest BCUT2D eigenvalue weighted by Gasteiger charge is 2.32. The zero-order chi connectivity index (χ0) is 14.2. The molecule has 0 rings (SSSR count). The molecule has 0 aliphatic carbocycles. The molecule has 1 atom stereocenters. The lowest BCUT2D eigenvalue weighted by molar-refractivity contribution is -0.137. The quantitative estimate of drug-likeness (QED) is 0.344. The lowest BCUT2D eigenvalue weighted by atomic mass is 9.87. The Morgan fingerprint density at radius 3 is 2.39 bits per heavy atom. The van der Waals surface area contributed by atoms with Gasteiger partial charge in [0.25, 0.3) is 0 Å². The Labute approximate surface area is 107 Å². The van der Waals surface area contributed by atoms with Crippen LogP contribution in [0.15, 0.2) is 0 Å². The number of nitrogens with two attached hydrogens (primary N) is 1. The Balaban J connectivity index is 3.94. The van der Waals surface area contributed by atoms with Crippen molar-refractivity contribution >= 4 is 11.8 Å². The van der Waals surface area contributed by atoms with Crippen LogP contribution in [0, 0.1) is 5.41 Å². The predicted molar refractivity (Wildman–Crippen MR) is 66.6 cm³/mol. The van der Waals surface area contributed by atoms with Gasteiger partial charge in [0.15, 0.2) is 0 Å². The van der Waals surface area contributed by atoms with Crippen LogP contribution in [-0.4, -0.2) is 54.4 Å². The van der Waals surface area contributed by atoms with Crippen LogP contribution in [0.4, 0.5) is 0 Å². The summed E-state index contributed by atoms with van der Waals surface area (Å²) < 4.78 is 0. The van der Waals surface area contributed by atoms with Crippen molar-refractivity contribution in [2.24, 2.45) is 11.1 Å². The molecule has 0 aliphatic rings. The molecule has 0 bridgehead atoms. The fraction of sp³-hybridized carbons (Fsp3) is 0.818. The Morgan fingerprint density at radius 2 is 1.89 bits per heavy atom. The standard InChI is InChI=1S/C11H23N3O4/c1-11(2,7-15)9(17)10(18)14-5-3-8(16)13-6-4-12/h9,15,17H,3-7,12H2,1-2H3,(H,13,16)(H,14,18)/t9-/m0/s1. The molecule has 0 saturated carbocycles. The minimum atomic E-state index is -1.31. The molecule has 0 spiro atoms. The normalized spacial score (nSPS) is 12.9. The smallest absolute Gasteiger partial charge is 0.249 e. The summed E-state index contributed by atoms with van der Waals surface area (Å²) in [5, 5.41) is 23.7. The topological polar surface area (TPSA) is 125 Å². The maximum atomic E-state index is 11.5. The van der Waals surface area contributed by atoms with Crippen molar-refractivity contribution in [2.75, 3.05) is 26.2 Å². The molecule has 0 aromatic carbocycles. The molecule has 0 aromatic rings. The van der Waals surface area contributed by atoms with Crippen molar-refractivity contribution in [1.29, 1.82) is 0 Å². The van der Waals surface area contributed by atoms with Crippen molar-refractivity contribution < 1.29 is 19.8 Å². The summed E-state index contributed by atoms with van der Waals surface area (Å²) in [6.07, 6.45) is -1.19. The number of aliphatic hydroxyl groups is 2. The van der Waals surface area contributed by atoms with Crippen molar-refractivity contribution in [1.82, 2.24) is 10.6 Å². The van der Waals surface area contributed by atoms with E-state index in [1.54, 1.807) is 13.8 Å². The molecule has 0 saturated heterocycles. The fourth-order valence-electron chi connectivity index (χ4n) is 1.14. The molecule has 0 aliphatic heterocycles. The van der Waals surface area contributed by atoms with E-state index in [0.717, 1.165) is 0 Å². The highest BCUT2D eigenvalue weighted by molar-refractivity contribution is 5.82. The third-order valence-electron chi connectivity index (χ3n) is 2.51. The third kappa shape index (κ3) is 5.95. The van der Waals surface area contributed by atoms with E-state index in [0.29, 0.717) is 13.1 Å². The van der Waals surface area contributed by atoms with E-state index in [9.17, 15) is 14.7 Å². The van der Waals surface area contributed by atoms with E-state index >= 15 is 0 Å². The van der Waals surface area contributed by atoms with Gasteiger partial charge in [0, 0.05) is 31.5 Å². The number of carbonyl (C=O) groups is 2. The number of aliphatic hydroxyl groups excluding tert-OH is 2. The zero-order valence-corrected chi connectivity index (χ0v) is 10.9. The Bertz CT molecular complexity index is 281. The van der Waals surface area contributed by atoms with Crippen molar-refractivity contribution in [2.45, 2.75) is 26.4 Å². The number of hydrogen-bond donors (Lipinski definition) is 5. The summed E-state index contributed by atoms with van der Waals surface area (Å²) in [6.45, 7) is 3.73. The van der Waals surface area contributed by atoms with Gasteiger partial charge in [0.2, 0.25) is 11.8 Å². The van der Waals surface area contributed by atoms with Gasteiger partial charge in [-0.3, -0.25) is 9.59 Å². The van der Waals surface area contributed by atoms with Crippen LogP contribution in [-0.2, 0) is 9.59 Å². The average molecular weight is 261 g/mol. The second-order valence-corrected chi connectivity index (χ2v) is 4.73. The SMILES string of the molecule is CC(C)(CO)[C@@H](O)C(=O)NCCC(=O)NCCN. The Kier molecular flexibility index (Phi) is 7.49. The molecule has 2 amide bonds. The van der Waals surface area contributed by atoms with Crippen LogP contribution < -0.4 is 16.4 Å². The molecule has 0 fully saturated rings. The molecule has 0 heterocycles. The summed E-state index contributed by atoms with van der Waals surface area (Å²) in [5.74, 6) is -0.808. The largest absolute Gasteiger partial charge is 0.396 e. The second-order valence-electron chi connectivity index (χ2n) is 4.73. The molecular formula is C11H23N3O4. The molecule has 0 aromatic heterocycles. The van der Waals surface area contributed by atoms with Gasteiger partial charge in [-0.15, -0.1) is 0 Å². The van der Waals surface area contributed by atoms with Gasteiger partial charge in [-0.1, -0.05) is 13.8 Å². The van der Waals surface area contributed by atoms with Crippen LogP contribution in [0.1, 0.15) is 20.3 Å². The molecule has 6 N–H and O–H groups in total. The minimum absolute atomic E-state index is 0.123. The summed E-state index contributed by atoms with van der Waals surface area (Å²) in [7, 11) is 0. The van der Waals surface area contributed by atoms with E-state index in [1.165, 1.54) is 0 Å². The van der Waals surface area contributed by atoms with Gasteiger partial charge in [-0.05, 0) is 0 Å². The van der Waals surface area contributed by atoms with Crippen LogP contribution in [0.5, 0.6) is 0 Å². The molecule has 7 heteroatoms. The number of nitrogens with one attached hydrogen (secondary N) is 2. The van der Waals surface area contributed by atoms with Gasteiger partial charge in [0.1, 0.15) is 6.10 Å².